The lowest BCUT2D eigenvalue weighted by Crippen LogP contribution is -2.27. The van der Waals surface area contributed by atoms with Gasteiger partial charge in [0, 0.05) is 11.8 Å². The predicted octanol–water partition coefficient (Wildman–Crippen LogP) is 5.96. The number of hydrogen-bond donors (Lipinski definition) is 3. The number of benzene rings is 3. The molecule has 0 radical (unpaired) electrons. The monoisotopic (exact) mass is 488 g/mol. The summed E-state index contributed by atoms with van der Waals surface area (Å²) in [6.45, 7) is 5.22. The number of carbonyl (C=O) groups excluding carboxylic acids is 2. The fourth-order valence-electron chi connectivity index (χ4n) is 3.81. The van der Waals surface area contributed by atoms with E-state index >= 15 is 0 Å². The molecule has 1 aliphatic rings. The van der Waals surface area contributed by atoms with Crippen molar-refractivity contribution in [2.45, 2.75) is 33.1 Å². The van der Waals surface area contributed by atoms with Crippen LogP contribution in [0.3, 0.4) is 0 Å². The molecule has 1 aliphatic carbocycles. The van der Waals surface area contributed by atoms with E-state index in [2.05, 4.69) is 10.3 Å². The van der Waals surface area contributed by atoms with Crippen molar-refractivity contribution < 1.29 is 29.3 Å². The minimum Gasteiger partial charge on any atom is -0.507 e. The van der Waals surface area contributed by atoms with E-state index in [1.54, 1.807) is 48.5 Å². The van der Waals surface area contributed by atoms with Gasteiger partial charge >= 0.3 is 0 Å². The van der Waals surface area contributed by atoms with Crippen LogP contribution in [-0.4, -0.2) is 40.7 Å². The Balaban J connectivity index is 1.59. The lowest BCUT2D eigenvalue weighted by Gasteiger charge is -2.20. The Kier molecular flexibility index (Phi) is 7.53. The number of hydrogen-bond acceptors (Lipinski definition) is 8. The molecule has 0 atom stereocenters. The highest BCUT2D eigenvalue weighted by Crippen LogP contribution is 2.41. The Morgan fingerprint density at radius 2 is 1.44 bits per heavy atom. The van der Waals surface area contributed by atoms with E-state index in [-0.39, 0.29) is 28.9 Å². The summed E-state index contributed by atoms with van der Waals surface area (Å²) >= 11 is 0. The van der Waals surface area contributed by atoms with Crippen molar-refractivity contribution in [3.05, 3.63) is 65.7 Å². The van der Waals surface area contributed by atoms with Crippen molar-refractivity contribution in [2.75, 3.05) is 18.5 Å². The van der Waals surface area contributed by atoms with Crippen molar-refractivity contribution in [3.8, 4) is 23.0 Å². The maximum atomic E-state index is 13.1. The largest absolute Gasteiger partial charge is 0.507 e. The van der Waals surface area contributed by atoms with Gasteiger partial charge in [0.15, 0.2) is 11.5 Å². The standard InChI is InChI=1S/C28H28N2O6/c1-3-13-35-19-9-5-17(6-10-19)29-21-15-23(31)26-25(27(21)33)24(32)16-22(28(26)34)30-18-7-11-20(12-8-18)36-14-4-2/h5-12,15,29,31,33H,3-4,13-14,16H2,1-2H3. The van der Waals surface area contributed by atoms with Crippen LogP contribution >= 0.6 is 0 Å². The first kappa shape index (κ1) is 24.8. The SMILES string of the molecule is CCCOc1ccc(N=C2CC(=O)c3c(O)c(Nc4ccc(OCCC)cc4)cc(O)c3C2=O)cc1. The molecule has 8 nitrogen and oxygen atoms in total. The molecule has 0 saturated carbocycles. The number of aromatic hydroxyl groups is 2. The molecule has 0 unspecified atom stereocenters. The molecule has 8 heteroatoms. The zero-order valence-corrected chi connectivity index (χ0v) is 20.2. The van der Waals surface area contributed by atoms with Crippen LogP contribution in [0.25, 0.3) is 0 Å². The number of Topliss-reactive ketones (excluding diaryl/α,β-unsaturated/α-hetero) is 2. The molecule has 4 rings (SSSR count). The van der Waals surface area contributed by atoms with Crippen LogP contribution in [0.2, 0.25) is 0 Å². The van der Waals surface area contributed by atoms with Gasteiger partial charge in [0.25, 0.3) is 0 Å². The molecule has 0 fully saturated rings. The van der Waals surface area contributed by atoms with E-state index in [1.165, 1.54) is 6.07 Å². The van der Waals surface area contributed by atoms with E-state index < -0.39 is 23.1 Å². The maximum absolute atomic E-state index is 13.1. The number of nitrogens with zero attached hydrogens (tertiary/aromatic N) is 1. The number of ketones is 2. The van der Waals surface area contributed by atoms with E-state index in [9.17, 15) is 19.8 Å². The Morgan fingerprint density at radius 1 is 0.861 bits per heavy atom. The molecule has 0 bridgehead atoms. The van der Waals surface area contributed by atoms with Crippen LogP contribution in [-0.2, 0) is 0 Å². The molecule has 3 N–H and O–H groups in total. The van der Waals surface area contributed by atoms with Gasteiger partial charge in [0.2, 0.25) is 5.78 Å². The van der Waals surface area contributed by atoms with Gasteiger partial charge in [-0.2, -0.15) is 0 Å². The molecule has 0 aliphatic heterocycles. The molecule has 0 spiro atoms. The number of phenols is 2. The molecule has 3 aromatic rings. The Bertz CT molecular complexity index is 1300. The molecular formula is C28H28N2O6. The van der Waals surface area contributed by atoms with Gasteiger partial charge in [0.05, 0.1) is 47.8 Å². The normalized spacial score (nSPS) is 14.0. The summed E-state index contributed by atoms with van der Waals surface area (Å²) in [6.07, 6.45) is 1.48. The minimum atomic E-state index is -0.604. The number of fused-ring (bicyclic) bond motifs is 1. The third kappa shape index (κ3) is 5.33. The smallest absolute Gasteiger partial charge is 0.212 e. The van der Waals surface area contributed by atoms with Crippen LogP contribution < -0.4 is 14.8 Å². The first-order valence-electron chi connectivity index (χ1n) is 11.9. The number of rotatable bonds is 9. The first-order valence-corrected chi connectivity index (χ1v) is 11.9. The van der Waals surface area contributed by atoms with Gasteiger partial charge in [-0.1, -0.05) is 13.8 Å². The van der Waals surface area contributed by atoms with Crippen molar-refractivity contribution >= 4 is 34.3 Å². The Labute approximate surface area is 209 Å². The molecule has 0 heterocycles. The van der Waals surface area contributed by atoms with Gasteiger partial charge in [-0.25, -0.2) is 4.99 Å². The van der Waals surface area contributed by atoms with Gasteiger partial charge < -0.3 is 25.0 Å². The van der Waals surface area contributed by atoms with Crippen LogP contribution in [0.15, 0.2) is 59.6 Å². The highest BCUT2D eigenvalue weighted by Gasteiger charge is 2.35. The summed E-state index contributed by atoms with van der Waals surface area (Å²) in [6, 6.07) is 15.1. The average molecular weight is 489 g/mol. The van der Waals surface area contributed by atoms with Crippen molar-refractivity contribution in [1.29, 1.82) is 0 Å². The Hall–Kier alpha value is -4.33. The predicted molar refractivity (Wildman–Crippen MR) is 138 cm³/mol. The zero-order chi connectivity index (χ0) is 25.7. The fourth-order valence-corrected chi connectivity index (χ4v) is 3.81. The number of ether oxygens (including phenoxy) is 2. The summed E-state index contributed by atoms with van der Waals surface area (Å²) in [4.78, 5) is 30.4. The lowest BCUT2D eigenvalue weighted by molar-refractivity contribution is 0.0960. The van der Waals surface area contributed by atoms with E-state index in [1.807, 2.05) is 13.8 Å². The average Bonchev–Trinajstić information content (AvgIpc) is 2.88. The molecule has 0 amide bonds. The number of aliphatic imine (C=N–C) groups is 1. The number of carbonyl (C=O) groups is 2. The third-order valence-electron chi connectivity index (χ3n) is 5.55. The van der Waals surface area contributed by atoms with E-state index in [0.29, 0.717) is 36.1 Å². The Morgan fingerprint density at radius 3 is 2.03 bits per heavy atom. The van der Waals surface area contributed by atoms with Crippen molar-refractivity contribution in [3.63, 3.8) is 0 Å². The zero-order valence-electron chi connectivity index (χ0n) is 20.2. The fraction of sp³-hybridized carbons (Fsp3) is 0.250. The van der Waals surface area contributed by atoms with Crippen LogP contribution in [0.4, 0.5) is 17.1 Å². The number of anilines is 2. The van der Waals surface area contributed by atoms with Gasteiger partial charge in [-0.05, 0) is 61.4 Å². The maximum Gasteiger partial charge on any atom is 0.212 e. The summed E-state index contributed by atoms with van der Waals surface area (Å²) in [7, 11) is 0. The van der Waals surface area contributed by atoms with Crippen LogP contribution in [0.1, 0.15) is 53.8 Å². The molecule has 0 saturated heterocycles. The van der Waals surface area contributed by atoms with Gasteiger partial charge in [0.1, 0.15) is 17.2 Å². The topological polar surface area (TPSA) is 117 Å². The molecule has 0 aromatic heterocycles. The second-order valence-corrected chi connectivity index (χ2v) is 8.37. The summed E-state index contributed by atoms with van der Waals surface area (Å²) in [5, 5.41) is 24.5. The second kappa shape index (κ2) is 10.9. The molecule has 186 valence electrons. The highest BCUT2D eigenvalue weighted by molar-refractivity contribution is 6.54. The van der Waals surface area contributed by atoms with E-state index in [4.69, 9.17) is 9.47 Å². The van der Waals surface area contributed by atoms with Gasteiger partial charge in [-0.3, -0.25) is 9.59 Å². The van der Waals surface area contributed by atoms with E-state index in [0.717, 1.165) is 12.8 Å². The second-order valence-electron chi connectivity index (χ2n) is 8.37. The number of phenolic OH excluding ortho intramolecular Hbond substituents is 2. The van der Waals surface area contributed by atoms with Crippen LogP contribution in [0, 0.1) is 0 Å². The quantitative estimate of drug-likeness (QED) is 0.251. The summed E-state index contributed by atoms with van der Waals surface area (Å²) in [5.74, 6) is -0.538. The lowest BCUT2D eigenvalue weighted by atomic mass is 9.86. The molecule has 3 aromatic carbocycles. The molecular weight excluding hydrogens is 460 g/mol. The highest BCUT2D eigenvalue weighted by atomic mass is 16.5. The van der Waals surface area contributed by atoms with Crippen molar-refractivity contribution in [1.82, 2.24) is 0 Å². The minimum absolute atomic E-state index is 0.00666. The van der Waals surface area contributed by atoms with Crippen molar-refractivity contribution in [2.24, 2.45) is 4.99 Å². The molecule has 36 heavy (non-hydrogen) atoms. The van der Waals surface area contributed by atoms with Crippen LogP contribution in [0.5, 0.6) is 23.0 Å². The van der Waals surface area contributed by atoms with Gasteiger partial charge in [-0.15, -0.1) is 0 Å². The summed E-state index contributed by atoms with van der Waals surface area (Å²) < 4.78 is 11.1. The summed E-state index contributed by atoms with van der Waals surface area (Å²) in [5.41, 5.74) is 0.723. The number of nitrogens with one attached hydrogen (secondary N) is 1. The third-order valence-corrected chi connectivity index (χ3v) is 5.55. The first-order chi connectivity index (χ1) is 17.4.